The molecule has 0 saturated carbocycles. The van der Waals surface area contributed by atoms with Crippen LogP contribution in [0.4, 0.5) is 5.82 Å². The van der Waals surface area contributed by atoms with Gasteiger partial charge in [-0.05, 0) is 25.4 Å². The molecular weight excluding hydrogens is 247 g/mol. The third-order valence-corrected chi connectivity index (χ3v) is 2.91. The molecular formula is C10H16Cl2N4. The average molecular weight is 263 g/mol. The summed E-state index contributed by atoms with van der Waals surface area (Å²) in [6, 6.07) is 1.80. The van der Waals surface area contributed by atoms with Crippen molar-refractivity contribution in [2.45, 2.75) is 6.42 Å². The lowest BCUT2D eigenvalue weighted by Gasteiger charge is -2.21. The predicted octanol–water partition coefficient (Wildman–Crippen LogP) is 1.60. The van der Waals surface area contributed by atoms with Gasteiger partial charge < -0.3 is 10.2 Å². The number of aromatic nitrogens is 2. The Morgan fingerprint density at radius 2 is 2.38 bits per heavy atom. The number of hydrogen-bond donors (Lipinski definition) is 1. The second kappa shape index (κ2) is 6.23. The molecule has 6 heteroatoms. The Bertz CT molecular complexity index is 328. The summed E-state index contributed by atoms with van der Waals surface area (Å²) in [5.41, 5.74) is 0. The third-order valence-electron chi connectivity index (χ3n) is 2.70. The second-order valence-corrected chi connectivity index (χ2v) is 4.33. The topological polar surface area (TPSA) is 41.0 Å². The normalized spacial score (nSPS) is 19.2. The van der Waals surface area contributed by atoms with Crippen LogP contribution in [-0.4, -0.2) is 36.6 Å². The van der Waals surface area contributed by atoms with E-state index in [0.717, 1.165) is 25.5 Å². The molecule has 2 heterocycles. The smallest absolute Gasteiger partial charge is 0.134 e. The maximum absolute atomic E-state index is 5.82. The molecule has 0 spiro atoms. The van der Waals surface area contributed by atoms with Gasteiger partial charge >= 0.3 is 0 Å². The molecule has 1 fully saturated rings. The fourth-order valence-corrected chi connectivity index (χ4v) is 2.03. The Hall–Kier alpha value is -0.580. The molecule has 0 amide bonds. The van der Waals surface area contributed by atoms with Crippen LogP contribution in [-0.2, 0) is 0 Å². The lowest BCUT2D eigenvalue weighted by Crippen LogP contribution is -2.27. The van der Waals surface area contributed by atoms with Gasteiger partial charge in [-0.3, -0.25) is 0 Å². The molecule has 1 aromatic heterocycles. The standard InChI is InChI=1S/C10H15ClN4.ClH/c1-15(6-8-2-3-12-5-8)10-4-9(11)13-7-14-10;/h4,7-8,12H,2-3,5-6H2,1H3;1H. The summed E-state index contributed by atoms with van der Waals surface area (Å²) < 4.78 is 0. The molecule has 16 heavy (non-hydrogen) atoms. The SMILES string of the molecule is CN(CC1CCNC1)c1cc(Cl)ncn1.Cl. The number of rotatable bonds is 3. The van der Waals surface area contributed by atoms with Crippen molar-refractivity contribution in [3.63, 3.8) is 0 Å². The highest BCUT2D eigenvalue weighted by atomic mass is 35.5. The molecule has 90 valence electrons. The van der Waals surface area contributed by atoms with Gasteiger partial charge in [0.2, 0.25) is 0 Å². The van der Waals surface area contributed by atoms with Crippen LogP contribution in [0.2, 0.25) is 5.15 Å². The lowest BCUT2D eigenvalue weighted by atomic mass is 10.1. The number of nitrogens with one attached hydrogen (secondary N) is 1. The van der Waals surface area contributed by atoms with Crippen LogP contribution in [0.5, 0.6) is 0 Å². The Morgan fingerprint density at radius 3 is 3.00 bits per heavy atom. The van der Waals surface area contributed by atoms with Crippen LogP contribution in [0.1, 0.15) is 6.42 Å². The van der Waals surface area contributed by atoms with E-state index in [9.17, 15) is 0 Å². The minimum absolute atomic E-state index is 0. The second-order valence-electron chi connectivity index (χ2n) is 3.94. The Labute approximate surface area is 107 Å². The first-order chi connectivity index (χ1) is 7.25. The van der Waals surface area contributed by atoms with Crippen LogP contribution in [0.15, 0.2) is 12.4 Å². The van der Waals surface area contributed by atoms with E-state index < -0.39 is 0 Å². The molecule has 1 saturated heterocycles. The van der Waals surface area contributed by atoms with E-state index in [4.69, 9.17) is 11.6 Å². The van der Waals surface area contributed by atoms with Gasteiger partial charge in [0.25, 0.3) is 0 Å². The first kappa shape index (κ1) is 13.5. The summed E-state index contributed by atoms with van der Waals surface area (Å²) in [4.78, 5) is 10.2. The zero-order chi connectivity index (χ0) is 10.7. The highest BCUT2D eigenvalue weighted by molar-refractivity contribution is 6.29. The fourth-order valence-electron chi connectivity index (χ4n) is 1.88. The van der Waals surface area contributed by atoms with Crippen LogP contribution >= 0.6 is 24.0 Å². The maximum atomic E-state index is 5.82. The summed E-state index contributed by atoms with van der Waals surface area (Å²) in [5.74, 6) is 1.60. The monoisotopic (exact) mass is 262 g/mol. The van der Waals surface area contributed by atoms with E-state index in [1.807, 2.05) is 7.05 Å². The molecule has 1 atom stereocenters. The van der Waals surface area contributed by atoms with Gasteiger partial charge in [0.1, 0.15) is 17.3 Å². The van der Waals surface area contributed by atoms with Gasteiger partial charge in [-0.15, -0.1) is 12.4 Å². The van der Waals surface area contributed by atoms with Crippen LogP contribution in [0, 0.1) is 5.92 Å². The summed E-state index contributed by atoms with van der Waals surface area (Å²) >= 11 is 5.82. The molecule has 0 aromatic carbocycles. The number of nitrogens with zero attached hydrogens (tertiary/aromatic N) is 3. The van der Waals surface area contributed by atoms with Crippen molar-refractivity contribution >= 4 is 29.8 Å². The Kier molecular flexibility index (Phi) is 5.25. The van der Waals surface area contributed by atoms with Gasteiger partial charge in [0, 0.05) is 19.7 Å². The lowest BCUT2D eigenvalue weighted by molar-refractivity contribution is 0.575. The van der Waals surface area contributed by atoms with Crippen LogP contribution < -0.4 is 10.2 Å². The summed E-state index contributed by atoms with van der Waals surface area (Å²) in [7, 11) is 2.04. The molecule has 0 bridgehead atoms. The van der Waals surface area contributed by atoms with Crippen molar-refractivity contribution in [3.05, 3.63) is 17.5 Å². The van der Waals surface area contributed by atoms with Gasteiger partial charge in [0.15, 0.2) is 0 Å². The van der Waals surface area contributed by atoms with Crippen molar-refractivity contribution in [2.24, 2.45) is 5.92 Å². The summed E-state index contributed by atoms with van der Waals surface area (Å²) in [5, 5.41) is 3.85. The molecule has 0 aliphatic carbocycles. The van der Waals surface area contributed by atoms with E-state index >= 15 is 0 Å². The average Bonchev–Trinajstić information content (AvgIpc) is 2.70. The van der Waals surface area contributed by atoms with Crippen molar-refractivity contribution < 1.29 is 0 Å². The van der Waals surface area contributed by atoms with E-state index in [1.165, 1.54) is 12.7 Å². The number of hydrogen-bond acceptors (Lipinski definition) is 4. The third kappa shape index (κ3) is 3.47. The molecule has 1 aromatic rings. The van der Waals surface area contributed by atoms with Gasteiger partial charge in [-0.25, -0.2) is 9.97 Å². The Balaban J connectivity index is 0.00000128. The Morgan fingerprint density at radius 1 is 1.56 bits per heavy atom. The van der Waals surface area contributed by atoms with Gasteiger partial charge in [-0.2, -0.15) is 0 Å². The first-order valence-electron chi connectivity index (χ1n) is 5.15. The molecule has 1 aliphatic heterocycles. The largest absolute Gasteiger partial charge is 0.359 e. The summed E-state index contributed by atoms with van der Waals surface area (Å²) in [6.07, 6.45) is 2.74. The van der Waals surface area contributed by atoms with Crippen LogP contribution in [0.25, 0.3) is 0 Å². The first-order valence-corrected chi connectivity index (χ1v) is 5.53. The predicted molar refractivity (Wildman–Crippen MR) is 68.5 cm³/mol. The minimum Gasteiger partial charge on any atom is -0.359 e. The van der Waals surface area contributed by atoms with Gasteiger partial charge in [-0.1, -0.05) is 11.6 Å². The highest BCUT2D eigenvalue weighted by Gasteiger charge is 2.17. The van der Waals surface area contributed by atoms with Crippen molar-refractivity contribution in [2.75, 3.05) is 31.6 Å². The van der Waals surface area contributed by atoms with Crippen LogP contribution in [0.3, 0.4) is 0 Å². The molecule has 2 rings (SSSR count). The van der Waals surface area contributed by atoms with Crippen molar-refractivity contribution in [1.29, 1.82) is 0 Å². The minimum atomic E-state index is 0. The van der Waals surface area contributed by atoms with Gasteiger partial charge in [0.05, 0.1) is 0 Å². The van der Waals surface area contributed by atoms with E-state index in [-0.39, 0.29) is 12.4 Å². The fraction of sp³-hybridized carbons (Fsp3) is 0.600. The van der Waals surface area contributed by atoms with E-state index in [0.29, 0.717) is 11.1 Å². The molecule has 0 radical (unpaired) electrons. The zero-order valence-corrected chi connectivity index (χ0v) is 10.8. The number of halogens is 2. The molecule has 1 N–H and O–H groups in total. The molecule has 4 nitrogen and oxygen atoms in total. The molecule has 1 unspecified atom stereocenters. The quantitative estimate of drug-likeness (QED) is 0.841. The maximum Gasteiger partial charge on any atom is 0.134 e. The van der Waals surface area contributed by atoms with Crippen molar-refractivity contribution in [3.8, 4) is 0 Å². The zero-order valence-electron chi connectivity index (χ0n) is 9.19. The van der Waals surface area contributed by atoms with E-state index in [1.54, 1.807) is 6.07 Å². The van der Waals surface area contributed by atoms with Crippen molar-refractivity contribution in [1.82, 2.24) is 15.3 Å². The van der Waals surface area contributed by atoms with E-state index in [2.05, 4.69) is 20.2 Å². The number of anilines is 1. The highest BCUT2D eigenvalue weighted by Crippen LogP contribution is 2.16. The summed E-state index contributed by atoms with van der Waals surface area (Å²) in [6.45, 7) is 3.24. The molecule has 1 aliphatic rings.